The molecule has 3 saturated carbocycles. The Labute approximate surface area is 187 Å². The fraction of sp³-hybridized carbons (Fsp3) is 0.720. The smallest absolute Gasteiger partial charge is 0.178 e. The van der Waals surface area contributed by atoms with Crippen LogP contribution in [0.15, 0.2) is 23.8 Å². The number of aliphatic hydroxyl groups is 2. The van der Waals surface area contributed by atoms with Crippen LogP contribution in [-0.4, -0.2) is 58.2 Å². The van der Waals surface area contributed by atoms with Crippen LogP contribution in [0.2, 0.25) is 0 Å². The topological polar surface area (TPSA) is 101 Å². The van der Waals surface area contributed by atoms with Crippen molar-refractivity contribution in [3.05, 3.63) is 23.8 Å². The molecule has 4 rings (SSSR count). The van der Waals surface area contributed by atoms with Crippen molar-refractivity contribution in [2.75, 3.05) is 6.61 Å². The van der Waals surface area contributed by atoms with Gasteiger partial charge in [0.15, 0.2) is 23.5 Å². The van der Waals surface area contributed by atoms with E-state index in [1.54, 1.807) is 26.8 Å². The number of halogens is 1. The average molecular weight is 449 g/mol. The van der Waals surface area contributed by atoms with E-state index in [0.29, 0.717) is 31.1 Å². The second-order valence-electron chi connectivity index (χ2n) is 11.1. The Morgan fingerprint density at radius 3 is 2.66 bits per heavy atom. The number of fused-ring (bicyclic) bond motifs is 5. The highest BCUT2D eigenvalue weighted by atomic mass is 19.1. The summed E-state index contributed by atoms with van der Waals surface area (Å²) in [6.07, 6.45) is 4.50. The maximum absolute atomic E-state index is 17.1. The molecule has 0 aliphatic heterocycles. The minimum absolute atomic E-state index is 0.0348. The summed E-state index contributed by atoms with van der Waals surface area (Å²) < 4.78 is 23.2. The molecule has 0 unspecified atom stereocenters. The third-order valence-electron chi connectivity index (χ3n) is 8.89. The monoisotopic (exact) mass is 448 g/mol. The van der Waals surface area contributed by atoms with Crippen molar-refractivity contribution in [1.82, 2.24) is 0 Å². The van der Waals surface area contributed by atoms with Gasteiger partial charge in [-0.1, -0.05) is 18.6 Å². The number of aldehydes is 1. The van der Waals surface area contributed by atoms with Gasteiger partial charge in [-0.15, -0.1) is 0 Å². The summed E-state index contributed by atoms with van der Waals surface area (Å²) in [6.45, 7) is 6.17. The lowest BCUT2D eigenvalue weighted by atomic mass is 9.45. The Hall–Kier alpha value is -1.70. The first kappa shape index (κ1) is 23.5. The molecule has 0 amide bonds. The SMILES string of the molecule is CC(C)(C=O)O[C@@H]1C[C@H]2[C@@H]3CCC4=CC(=O)C=C[C@]4(C)[C@@]3(F)[C@@H](O)C[C@]2(C)[C@H]1C(=O)CO. The standard InChI is InChI=1S/C25H33FO6/c1-22(2,13-28)32-19-10-17-16-6-5-14-9-15(29)7-8-24(14,4)25(16,26)20(31)11-23(17,3)21(19)18(30)12-27/h7-9,13,16-17,19-21,27,31H,5-6,10-12H2,1-4H3/t16-,17-,19+,20-,21-,23-,24-,25-/m0/s1. The maximum atomic E-state index is 17.1. The highest BCUT2D eigenvalue weighted by molar-refractivity contribution is 6.01. The van der Waals surface area contributed by atoms with Crippen molar-refractivity contribution in [2.24, 2.45) is 28.6 Å². The van der Waals surface area contributed by atoms with E-state index in [1.807, 2.05) is 6.92 Å². The van der Waals surface area contributed by atoms with Gasteiger partial charge in [0.1, 0.15) is 12.2 Å². The van der Waals surface area contributed by atoms with Crippen molar-refractivity contribution >= 4 is 17.9 Å². The van der Waals surface area contributed by atoms with Gasteiger partial charge in [-0.3, -0.25) is 9.59 Å². The number of aliphatic hydroxyl groups excluding tert-OH is 2. The summed E-state index contributed by atoms with van der Waals surface area (Å²) in [7, 11) is 0. The molecule has 6 nitrogen and oxygen atoms in total. The van der Waals surface area contributed by atoms with E-state index < -0.39 is 58.5 Å². The molecule has 0 bridgehead atoms. The van der Waals surface area contributed by atoms with Crippen LogP contribution in [0.1, 0.15) is 53.4 Å². The lowest BCUT2D eigenvalue weighted by Crippen LogP contribution is -2.66. The largest absolute Gasteiger partial charge is 0.390 e. The third-order valence-corrected chi connectivity index (χ3v) is 8.89. The number of hydrogen-bond acceptors (Lipinski definition) is 6. The van der Waals surface area contributed by atoms with Crippen molar-refractivity contribution in [3.63, 3.8) is 0 Å². The van der Waals surface area contributed by atoms with E-state index in [-0.39, 0.29) is 18.1 Å². The Morgan fingerprint density at radius 1 is 1.34 bits per heavy atom. The Morgan fingerprint density at radius 2 is 2.03 bits per heavy atom. The van der Waals surface area contributed by atoms with E-state index in [0.717, 1.165) is 0 Å². The predicted octanol–water partition coefficient (Wildman–Crippen LogP) is 2.51. The summed E-state index contributed by atoms with van der Waals surface area (Å²) in [5, 5.41) is 21.0. The molecule has 0 radical (unpaired) electrons. The zero-order valence-electron chi connectivity index (χ0n) is 19.1. The number of allylic oxidation sites excluding steroid dienone is 4. The van der Waals surface area contributed by atoms with Gasteiger partial charge in [-0.25, -0.2) is 4.39 Å². The molecular formula is C25H33FO6. The molecule has 7 heteroatoms. The quantitative estimate of drug-likeness (QED) is 0.627. The Bertz CT molecular complexity index is 908. The Kier molecular flexibility index (Phi) is 5.43. The fourth-order valence-electron chi connectivity index (χ4n) is 7.41. The summed E-state index contributed by atoms with van der Waals surface area (Å²) in [6, 6.07) is 0. The lowest BCUT2D eigenvalue weighted by Gasteiger charge is -2.61. The zero-order chi connectivity index (χ0) is 23.7. The van der Waals surface area contributed by atoms with Crippen LogP contribution in [0.4, 0.5) is 4.39 Å². The van der Waals surface area contributed by atoms with Crippen LogP contribution in [0.5, 0.6) is 0 Å². The molecule has 0 heterocycles. The van der Waals surface area contributed by atoms with Gasteiger partial charge in [-0.2, -0.15) is 0 Å². The van der Waals surface area contributed by atoms with Gasteiger partial charge in [-0.05, 0) is 69.9 Å². The number of carbonyl (C=O) groups is 3. The number of carbonyl (C=O) groups excluding carboxylic acids is 3. The molecule has 0 saturated heterocycles. The third kappa shape index (κ3) is 3.04. The van der Waals surface area contributed by atoms with Crippen LogP contribution in [-0.2, 0) is 19.1 Å². The van der Waals surface area contributed by atoms with E-state index in [2.05, 4.69) is 0 Å². The fourth-order valence-corrected chi connectivity index (χ4v) is 7.41. The van der Waals surface area contributed by atoms with Crippen molar-refractivity contribution in [2.45, 2.75) is 76.9 Å². The first-order valence-electron chi connectivity index (χ1n) is 11.4. The molecule has 0 spiro atoms. The summed E-state index contributed by atoms with van der Waals surface area (Å²) in [4.78, 5) is 36.3. The van der Waals surface area contributed by atoms with Gasteiger partial charge in [0.05, 0.1) is 18.1 Å². The molecule has 8 atom stereocenters. The minimum Gasteiger partial charge on any atom is -0.390 e. The van der Waals surface area contributed by atoms with E-state index in [9.17, 15) is 24.6 Å². The van der Waals surface area contributed by atoms with Gasteiger partial charge in [0.2, 0.25) is 0 Å². The van der Waals surface area contributed by atoms with Gasteiger partial charge in [0.25, 0.3) is 0 Å². The van der Waals surface area contributed by atoms with Crippen LogP contribution >= 0.6 is 0 Å². The van der Waals surface area contributed by atoms with Gasteiger partial charge in [0, 0.05) is 11.3 Å². The van der Waals surface area contributed by atoms with E-state index in [4.69, 9.17) is 4.74 Å². The van der Waals surface area contributed by atoms with Gasteiger partial charge >= 0.3 is 0 Å². The maximum Gasteiger partial charge on any atom is 0.178 e. The van der Waals surface area contributed by atoms with Crippen molar-refractivity contribution in [3.8, 4) is 0 Å². The van der Waals surface area contributed by atoms with Crippen LogP contribution in [0.3, 0.4) is 0 Å². The predicted molar refractivity (Wildman–Crippen MR) is 114 cm³/mol. The molecule has 4 aliphatic carbocycles. The minimum atomic E-state index is -2.00. The first-order valence-corrected chi connectivity index (χ1v) is 11.4. The van der Waals surface area contributed by atoms with Crippen LogP contribution in [0.25, 0.3) is 0 Å². The summed E-state index contributed by atoms with van der Waals surface area (Å²) >= 11 is 0. The Balaban J connectivity index is 1.79. The van der Waals surface area contributed by atoms with E-state index >= 15 is 4.39 Å². The number of alkyl halides is 1. The molecule has 0 aromatic heterocycles. The highest BCUT2D eigenvalue weighted by Crippen LogP contribution is 2.69. The molecule has 2 N–H and O–H groups in total. The first-order chi connectivity index (χ1) is 14.8. The molecule has 3 fully saturated rings. The molecule has 176 valence electrons. The van der Waals surface area contributed by atoms with E-state index in [1.165, 1.54) is 12.2 Å². The summed E-state index contributed by atoms with van der Waals surface area (Å²) in [5.41, 5.74) is -4.33. The number of hydrogen-bond donors (Lipinski definition) is 2. The average Bonchev–Trinajstić information content (AvgIpc) is 3.00. The molecular weight excluding hydrogens is 415 g/mol. The number of ether oxygens (including phenoxy) is 1. The van der Waals surface area contributed by atoms with Crippen molar-refractivity contribution in [1.29, 1.82) is 0 Å². The van der Waals surface area contributed by atoms with Crippen molar-refractivity contribution < 1.29 is 33.7 Å². The number of ketones is 2. The molecule has 4 aliphatic rings. The second-order valence-corrected chi connectivity index (χ2v) is 11.1. The van der Waals surface area contributed by atoms with Gasteiger partial charge < -0.3 is 19.7 Å². The molecule has 0 aromatic carbocycles. The summed E-state index contributed by atoms with van der Waals surface area (Å²) in [5.74, 6) is -2.17. The number of Topliss-reactive ketones (excluding diaryl/α,β-unsaturated/α-hetero) is 1. The number of rotatable bonds is 5. The normalized spacial score (nSPS) is 45.5. The molecule has 0 aromatic rings. The molecule has 32 heavy (non-hydrogen) atoms. The lowest BCUT2D eigenvalue weighted by molar-refractivity contribution is -0.196. The zero-order valence-corrected chi connectivity index (χ0v) is 19.1. The van der Waals surface area contributed by atoms with Crippen LogP contribution < -0.4 is 0 Å². The van der Waals surface area contributed by atoms with Crippen LogP contribution in [0, 0.1) is 28.6 Å². The second kappa shape index (κ2) is 7.40. The highest BCUT2D eigenvalue weighted by Gasteiger charge is 2.72.